The number of carbonyl (C=O) groups excluding carboxylic acids is 2. The molecule has 0 N–H and O–H groups in total. The van der Waals surface area contributed by atoms with Gasteiger partial charge in [-0.15, -0.1) is 0 Å². The zero-order chi connectivity index (χ0) is 28.9. The Kier molecular flexibility index (Phi) is 8.49. The van der Waals surface area contributed by atoms with E-state index in [4.69, 9.17) is 9.84 Å². The molecule has 210 valence electrons. The molecule has 1 saturated carbocycles. The Morgan fingerprint density at radius 2 is 1.73 bits per heavy atom. The molecule has 7 nitrogen and oxygen atoms in total. The van der Waals surface area contributed by atoms with Gasteiger partial charge in [0.1, 0.15) is 17.4 Å². The number of benzene rings is 2. The topological polar surface area (TPSA) is 88.2 Å². The molecule has 0 unspecified atom stereocenters. The van der Waals surface area contributed by atoms with Crippen molar-refractivity contribution in [3.05, 3.63) is 83.1 Å². The van der Waals surface area contributed by atoms with Crippen LogP contribution in [-0.4, -0.2) is 39.1 Å². The smallest absolute Gasteiger partial charge is 0.271 e. The Morgan fingerprint density at radius 1 is 1.02 bits per heavy atom. The molecular formula is C34H36N4O3. The van der Waals surface area contributed by atoms with Crippen molar-refractivity contribution in [2.24, 2.45) is 5.92 Å². The normalized spacial score (nSPS) is 17.4. The van der Waals surface area contributed by atoms with Crippen LogP contribution in [0.4, 0.5) is 0 Å². The van der Waals surface area contributed by atoms with Crippen molar-refractivity contribution in [2.45, 2.75) is 65.3 Å². The van der Waals surface area contributed by atoms with E-state index in [0.29, 0.717) is 29.4 Å². The molecule has 3 aromatic rings. The van der Waals surface area contributed by atoms with E-state index in [2.05, 4.69) is 19.9 Å². The van der Waals surface area contributed by atoms with Crippen LogP contribution >= 0.6 is 0 Å². The van der Waals surface area contributed by atoms with Gasteiger partial charge in [0.25, 0.3) is 11.8 Å². The van der Waals surface area contributed by atoms with Crippen LogP contribution in [0.15, 0.2) is 77.5 Å². The first-order valence-electron chi connectivity index (χ1n) is 14.5. The van der Waals surface area contributed by atoms with Gasteiger partial charge in [0.2, 0.25) is 0 Å². The van der Waals surface area contributed by atoms with Crippen LogP contribution in [0.5, 0.6) is 5.75 Å². The number of rotatable bonds is 8. The molecule has 1 aliphatic heterocycles. The summed E-state index contributed by atoms with van der Waals surface area (Å²) in [7, 11) is 0. The minimum Gasteiger partial charge on any atom is -0.494 e. The third kappa shape index (κ3) is 6.02. The number of para-hydroxylation sites is 1. The third-order valence-electron chi connectivity index (χ3n) is 7.87. The molecule has 0 bridgehead atoms. The van der Waals surface area contributed by atoms with Crippen LogP contribution in [0.1, 0.15) is 64.9 Å². The fourth-order valence-electron chi connectivity index (χ4n) is 5.48. The average Bonchev–Trinajstić information content (AvgIpc) is 3.41. The second kappa shape index (κ2) is 12.4. The molecule has 2 heterocycles. The lowest BCUT2D eigenvalue weighted by atomic mass is 9.88. The van der Waals surface area contributed by atoms with Gasteiger partial charge in [-0.25, -0.2) is 4.68 Å². The molecular weight excluding hydrogens is 512 g/mol. The highest BCUT2D eigenvalue weighted by atomic mass is 16.5. The number of hydrogen-bond donors (Lipinski definition) is 0. The molecule has 1 aromatic heterocycles. The molecule has 0 radical (unpaired) electrons. The maximum absolute atomic E-state index is 13.9. The summed E-state index contributed by atoms with van der Waals surface area (Å²) in [6.07, 6.45) is 9.22. The number of carbonyl (C=O) groups is 2. The SMILES string of the molecule is CC1=C(C#N)C(=O)N(C2CCCCC2)C(=O)/C1=C/c1cn(-c2ccccc2)nc1-c1ccc(OCCC(C)C)cc1. The Morgan fingerprint density at radius 3 is 2.39 bits per heavy atom. The van der Waals surface area contributed by atoms with Crippen molar-refractivity contribution in [3.8, 4) is 28.8 Å². The molecule has 1 aliphatic carbocycles. The lowest BCUT2D eigenvalue weighted by molar-refractivity contribution is -0.143. The zero-order valence-electron chi connectivity index (χ0n) is 24.0. The highest BCUT2D eigenvalue weighted by Gasteiger charge is 2.40. The fourth-order valence-corrected chi connectivity index (χ4v) is 5.48. The van der Waals surface area contributed by atoms with Gasteiger partial charge < -0.3 is 4.74 Å². The quantitative estimate of drug-likeness (QED) is 0.226. The van der Waals surface area contributed by atoms with E-state index in [1.165, 1.54) is 4.90 Å². The number of aromatic nitrogens is 2. The van der Waals surface area contributed by atoms with Crippen LogP contribution in [-0.2, 0) is 9.59 Å². The van der Waals surface area contributed by atoms with Gasteiger partial charge in [-0.1, -0.05) is 51.3 Å². The average molecular weight is 549 g/mol. The minimum absolute atomic E-state index is 0.0290. The van der Waals surface area contributed by atoms with Crippen molar-refractivity contribution < 1.29 is 14.3 Å². The second-order valence-electron chi connectivity index (χ2n) is 11.2. The van der Waals surface area contributed by atoms with Crippen LogP contribution in [0.25, 0.3) is 23.0 Å². The molecule has 2 aromatic carbocycles. The molecule has 2 amide bonds. The zero-order valence-corrected chi connectivity index (χ0v) is 24.0. The number of ether oxygens (including phenoxy) is 1. The standard InChI is InChI=1S/C34H36N4O3/c1-23(2)18-19-41-29-16-14-25(15-17-29)32-26(22-37(36-32)27-10-6-4-7-11-27)20-30-24(3)31(21-35)34(40)38(33(30)39)28-12-8-5-9-13-28/h4,6-7,10-11,14-17,20,22-23,28H,5,8-9,12-13,18-19H2,1-3H3/b30-20+. The van der Waals surface area contributed by atoms with E-state index < -0.39 is 5.91 Å². The third-order valence-corrected chi connectivity index (χ3v) is 7.87. The van der Waals surface area contributed by atoms with E-state index in [9.17, 15) is 14.9 Å². The Labute approximate surface area is 241 Å². The maximum Gasteiger partial charge on any atom is 0.271 e. The second-order valence-corrected chi connectivity index (χ2v) is 11.2. The molecule has 5 rings (SSSR count). The first kappa shape index (κ1) is 28.1. The molecule has 0 spiro atoms. The van der Waals surface area contributed by atoms with Gasteiger partial charge in [0.05, 0.1) is 18.0 Å². The molecule has 0 saturated heterocycles. The van der Waals surface area contributed by atoms with Gasteiger partial charge in [0.15, 0.2) is 0 Å². The highest BCUT2D eigenvalue weighted by molar-refractivity contribution is 6.20. The Balaban J connectivity index is 1.57. The van der Waals surface area contributed by atoms with E-state index in [-0.39, 0.29) is 17.5 Å². The van der Waals surface area contributed by atoms with Crippen LogP contribution in [0.2, 0.25) is 0 Å². The molecule has 2 aliphatic rings. The Bertz CT molecular complexity index is 1520. The van der Waals surface area contributed by atoms with E-state index in [0.717, 1.165) is 61.1 Å². The van der Waals surface area contributed by atoms with Gasteiger partial charge in [-0.05, 0) is 80.2 Å². The van der Waals surface area contributed by atoms with Crippen molar-refractivity contribution in [2.75, 3.05) is 6.61 Å². The summed E-state index contributed by atoms with van der Waals surface area (Å²) < 4.78 is 7.70. The molecule has 41 heavy (non-hydrogen) atoms. The molecule has 1 fully saturated rings. The predicted octanol–water partition coefficient (Wildman–Crippen LogP) is 6.89. The van der Waals surface area contributed by atoms with E-state index in [1.54, 1.807) is 17.7 Å². The van der Waals surface area contributed by atoms with Crippen molar-refractivity contribution in [1.29, 1.82) is 5.26 Å². The number of hydrogen-bond acceptors (Lipinski definition) is 5. The number of nitriles is 1. The summed E-state index contributed by atoms with van der Waals surface area (Å²) in [6, 6.07) is 19.5. The van der Waals surface area contributed by atoms with Crippen LogP contribution in [0, 0.1) is 17.2 Å². The first-order chi connectivity index (χ1) is 19.9. The summed E-state index contributed by atoms with van der Waals surface area (Å²) in [6.45, 7) is 6.68. The lowest BCUT2D eigenvalue weighted by Gasteiger charge is -2.36. The van der Waals surface area contributed by atoms with Gasteiger partial charge in [-0.3, -0.25) is 14.5 Å². The van der Waals surface area contributed by atoms with Crippen molar-refractivity contribution in [1.82, 2.24) is 14.7 Å². The van der Waals surface area contributed by atoms with Crippen molar-refractivity contribution >= 4 is 17.9 Å². The van der Waals surface area contributed by atoms with Gasteiger partial charge >= 0.3 is 0 Å². The van der Waals surface area contributed by atoms with E-state index in [1.807, 2.05) is 60.8 Å². The Hall–Kier alpha value is -4.44. The summed E-state index contributed by atoms with van der Waals surface area (Å²) in [5.74, 6) is 0.536. The summed E-state index contributed by atoms with van der Waals surface area (Å²) >= 11 is 0. The van der Waals surface area contributed by atoms with Gasteiger partial charge in [0, 0.05) is 28.9 Å². The summed E-state index contributed by atoms with van der Waals surface area (Å²) in [4.78, 5) is 28.5. The maximum atomic E-state index is 13.9. The highest BCUT2D eigenvalue weighted by Crippen LogP contribution is 2.34. The predicted molar refractivity (Wildman–Crippen MR) is 159 cm³/mol. The number of nitrogens with zero attached hydrogens (tertiary/aromatic N) is 4. The van der Waals surface area contributed by atoms with Crippen molar-refractivity contribution in [3.63, 3.8) is 0 Å². The number of amides is 2. The summed E-state index contributed by atoms with van der Waals surface area (Å²) in [5.41, 5.74) is 3.95. The fraction of sp³-hybridized carbons (Fsp3) is 0.353. The largest absolute Gasteiger partial charge is 0.494 e. The van der Waals surface area contributed by atoms with Crippen LogP contribution in [0.3, 0.4) is 0 Å². The summed E-state index contributed by atoms with van der Waals surface area (Å²) in [5, 5.41) is 14.8. The monoisotopic (exact) mass is 548 g/mol. The first-order valence-corrected chi connectivity index (χ1v) is 14.5. The molecule has 7 heteroatoms. The van der Waals surface area contributed by atoms with E-state index >= 15 is 0 Å². The minimum atomic E-state index is -0.479. The van der Waals surface area contributed by atoms with Gasteiger partial charge in [-0.2, -0.15) is 10.4 Å². The van der Waals surface area contributed by atoms with Crippen LogP contribution < -0.4 is 4.74 Å². The lowest BCUT2D eigenvalue weighted by Crippen LogP contribution is -2.49. The number of imide groups is 1. The molecule has 0 atom stereocenters.